The van der Waals surface area contributed by atoms with Crippen molar-refractivity contribution in [3.63, 3.8) is 0 Å². The van der Waals surface area contributed by atoms with Gasteiger partial charge in [-0.1, -0.05) is 11.8 Å². The molecule has 1 rings (SSSR count). The van der Waals surface area contributed by atoms with Gasteiger partial charge >= 0.3 is 0 Å². The number of carbonyl (C=O) groups is 1. The lowest BCUT2D eigenvalue weighted by molar-refractivity contribution is -0.118. The van der Waals surface area contributed by atoms with Gasteiger partial charge in [0.05, 0.1) is 5.75 Å². The van der Waals surface area contributed by atoms with E-state index in [9.17, 15) is 4.79 Å². The third-order valence-corrected chi connectivity index (χ3v) is 2.25. The molecule has 1 amide bonds. The summed E-state index contributed by atoms with van der Waals surface area (Å²) in [6.45, 7) is 2.60. The highest BCUT2D eigenvalue weighted by Crippen LogP contribution is 2.12. The van der Waals surface area contributed by atoms with Crippen molar-refractivity contribution in [1.29, 1.82) is 0 Å². The largest absolute Gasteiger partial charge is 0.294 e. The molecule has 0 spiro atoms. The molecule has 1 aromatic heterocycles. The minimum Gasteiger partial charge on any atom is -0.294 e. The fourth-order valence-corrected chi connectivity index (χ4v) is 1.42. The fraction of sp³-hybridized carbons (Fsp3) is 0.600. The molecule has 8 heteroatoms. The van der Waals surface area contributed by atoms with Crippen molar-refractivity contribution < 1.29 is 4.79 Å². The number of aromatic nitrogens is 4. The molecule has 1 heterocycles. The summed E-state index contributed by atoms with van der Waals surface area (Å²) in [6, 6.07) is 0. The maximum atomic E-state index is 10.8. The number of amides is 1. The summed E-state index contributed by atoms with van der Waals surface area (Å²) in [6.07, 6.45) is 0. The molecule has 0 aliphatic rings. The molecule has 0 radical (unpaired) electrons. The first kappa shape index (κ1) is 9.93. The maximum absolute atomic E-state index is 10.8. The molecule has 0 atom stereocenters. The van der Waals surface area contributed by atoms with Crippen molar-refractivity contribution in [2.75, 3.05) is 5.75 Å². The van der Waals surface area contributed by atoms with Crippen LogP contribution in [-0.2, 0) is 11.3 Å². The summed E-state index contributed by atoms with van der Waals surface area (Å²) in [5, 5.41) is 11.5. The van der Waals surface area contributed by atoms with Crippen molar-refractivity contribution >= 4 is 17.7 Å². The molecule has 0 aliphatic heterocycles. The van der Waals surface area contributed by atoms with Gasteiger partial charge in [0.15, 0.2) is 0 Å². The van der Waals surface area contributed by atoms with E-state index in [-0.39, 0.29) is 11.7 Å². The Hall–Kier alpha value is -1.15. The lowest BCUT2D eigenvalue weighted by Gasteiger charge is -1.99. The summed E-state index contributed by atoms with van der Waals surface area (Å²) < 4.78 is 1.61. The normalized spacial score (nSPS) is 10.0. The molecule has 0 saturated heterocycles. The molecule has 0 unspecified atom stereocenters. The van der Waals surface area contributed by atoms with Crippen molar-refractivity contribution in [2.45, 2.75) is 18.6 Å². The van der Waals surface area contributed by atoms with Gasteiger partial charge in [0.25, 0.3) is 0 Å². The number of rotatable bonds is 4. The second-order valence-corrected chi connectivity index (χ2v) is 3.08. The van der Waals surface area contributed by atoms with Crippen LogP contribution in [0, 0.1) is 0 Å². The highest BCUT2D eigenvalue weighted by molar-refractivity contribution is 7.99. The monoisotopic (exact) mass is 202 g/mol. The zero-order valence-corrected chi connectivity index (χ0v) is 7.91. The molecule has 0 aliphatic carbocycles. The van der Waals surface area contributed by atoms with Crippen molar-refractivity contribution in [3.05, 3.63) is 0 Å². The van der Waals surface area contributed by atoms with Gasteiger partial charge in [0, 0.05) is 6.54 Å². The van der Waals surface area contributed by atoms with Crippen molar-refractivity contribution in [2.24, 2.45) is 5.84 Å². The number of thioether (sulfide) groups is 1. The second-order valence-electron chi connectivity index (χ2n) is 2.13. The number of carbonyl (C=O) groups excluding carboxylic acids is 1. The Bertz CT molecular complexity index is 286. The quantitative estimate of drug-likeness (QED) is 0.275. The van der Waals surface area contributed by atoms with Crippen LogP contribution in [0.5, 0.6) is 0 Å². The van der Waals surface area contributed by atoms with Gasteiger partial charge in [-0.3, -0.25) is 10.2 Å². The zero-order valence-electron chi connectivity index (χ0n) is 7.10. The Balaban J connectivity index is 2.49. The summed E-state index contributed by atoms with van der Waals surface area (Å²) in [7, 11) is 0. The average Bonchev–Trinajstić information content (AvgIpc) is 2.61. The summed E-state index contributed by atoms with van der Waals surface area (Å²) in [5.41, 5.74) is 2.03. The van der Waals surface area contributed by atoms with Crippen LogP contribution < -0.4 is 11.3 Å². The van der Waals surface area contributed by atoms with Gasteiger partial charge in [-0.25, -0.2) is 10.5 Å². The van der Waals surface area contributed by atoms with Crippen LogP contribution in [0.4, 0.5) is 0 Å². The molecule has 0 saturated carbocycles. The van der Waals surface area contributed by atoms with Crippen LogP contribution in [0.25, 0.3) is 0 Å². The van der Waals surface area contributed by atoms with Gasteiger partial charge in [-0.05, 0) is 17.4 Å². The van der Waals surface area contributed by atoms with E-state index in [1.54, 1.807) is 4.68 Å². The third-order valence-electron chi connectivity index (χ3n) is 1.29. The predicted molar refractivity (Wildman–Crippen MR) is 46.5 cm³/mol. The van der Waals surface area contributed by atoms with E-state index in [4.69, 9.17) is 5.84 Å². The van der Waals surface area contributed by atoms with Gasteiger partial charge in [-0.2, -0.15) is 0 Å². The minimum absolute atomic E-state index is 0.219. The number of tetrazole rings is 1. The maximum Gasteiger partial charge on any atom is 0.244 e. The van der Waals surface area contributed by atoms with Crippen LogP contribution in [0.15, 0.2) is 5.16 Å². The number of nitrogens with one attached hydrogen (secondary N) is 1. The number of aryl methyl sites for hydroxylation is 1. The Morgan fingerprint density at radius 1 is 1.77 bits per heavy atom. The fourth-order valence-electron chi connectivity index (χ4n) is 0.670. The van der Waals surface area contributed by atoms with Crippen LogP contribution in [-0.4, -0.2) is 31.9 Å². The molecular weight excluding hydrogens is 192 g/mol. The molecule has 0 aromatic carbocycles. The summed E-state index contributed by atoms with van der Waals surface area (Å²) >= 11 is 1.25. The SMILES string of the molecule is CCn1nnnc1SCC(=O)NN. The summed E-state index contributed by atoms with van der Waals surface area (Å²) in [4.78, 5) is 10.8. The van der Waals surface area contributed by atoms with Gasteiger partial charge in [0.1, 0.15) is 0 Å². The topological polar surface area (TPSA) is 98.7 Å². The zero-order chi connectivity index (χ0) is 9.68. The van der Waals surface area contributed by atoms with Gasteiger partial charge in [-0.15, -0.1) is 5.10 Å². The molecular formula is C5H10N6OS. The van der Waals surface area contributed by atoms with Crippen molar-refractivity contribution in [1.82, 2.24) is 25.6 Å². The predicted octanol–water partition coefficient (Wildman–Crippen LogP) is -1.22. The lowest BCUT2D eigenvalue weighted by Crippen LogP contribution is -2.31. The van der Waals surface area contributed by atoms with E-state index in [2.05, 4.69) is 15.5 Å². The number of hydrogen-bond donors (Lipinski definition) is 2. The highest BCUT2D eigenvalue weighted by Gasteiger charge is 2.07. The number of hydrogen-bond acceptors (Lipinski definition) is 6. The highest BCUT2D eigenvalue weighted by atomic mass is 32.2. The molecule has 0 bridgehead atoms. The van der Waals surface area contributed by atoms with E-state index in [1.165, 1.54) is 11.8 Å². The van der Waals surface area contributed by atoms with E-state index >= 15 is 0 Å². The molecule has 1 aromatic rings. The Kier molecular flexibility index (Phi) is 3.65. The standard InChI is InChI=1S/C5H10N6OS/c1-2-11-5(8-9-10-11)13-3-4(12)7-6/h2-3,6H2,1H3,(H,7,12). The molecule has 72 valence electrons. The molecule has 0 fully saturated rings. The molecule has 13 heavy (non-hydrogen) atoms. The second kappa shape index (κ2) is 4.77. The third kappa shape index (κ3) is 2.67. The lowest BCUT2D eigenvalue weighted by atomic mass is 10.7. The number of hydrazine groups is 1. The Morgan fingerprint density at radius 2 is 2.54 bits per heavy atom. The average molecular weight is 202 g/mol. The van der Waals surface area contributed by atoms with Gasteiger partial charge < -0.3 is 0 Å². The van der Waals surface area contributed by atoms with Crippen molar-refractivity contribution in [3.8, 4) is 0 Å². The van der Waals surface area contributed by atoms with Crippen LogP contribution >= 0.6 is 11.8 Å². The van der Waals surface area contributed by atoms with Gasteiger partial charge in [0.2, 0.25) is 11.1 Å². The summed E-state index contributed by atoms with van der Waals surface area (Å²) in [5.74, 6) is 4.88. The van der Waals surface area contributed by atoms with E-state index < -0.39 is 0 Å². The molecule has 7 nitrogen and oxygen atoms in total. The molecule has 3 N–H and O–H groups in total. The number of nitrogens with zero attached hydrogens (tertiary/aromatic N) is 4. The minimum atomic E-state index is -0.254. The first-order valence-electron chi connectivity index (χ1n) is 3.66. The van der Waals surface area contributed by atoms with E-state index in [0.29, 0.717) is 11.7 Å². The Labute approximate surface area is 79.0 Å². The number of nitrogens with two attached hydrogens (primary N) is 1. The van der Waals surface area contributed by atoms with Crippen LogP contribution in [0.1, 0.15) is 6.92 Å². The van der Waals surface area contributed by atoms with Crippen LogP contribution in [0.2, 0.25) is 0 Å². The van der Waals surface area contributed by atoms with Crippen LogP contribution in [0.3, 0.4) is 0 Å². The Morgan fingerprint density at radius 3 is 3.15 bits per heavy atom. The smallest absolute Gasteiger partial charge is 0.244 e. The first-order chi connectivity index (χ1) is 6.27. The van der Waals surface area contributed by atoms with E-state index in [1.807, 2.05) is 12.3 Å². The van der Waals surface area contributed by atoms with E-state index in [0.717, 1.165) is 0 Å². The first-order valence-corrected chi connectivity index (χ1v) is 4.65.